The molecule has 0 radical (unpaired) electrons. The van der Waals surface area contributed by atoms with Crippen LogP contribution in [0.5, 0.6) is 11.5 Å². The van der Waals surface area contributed by atoms with E-state index in [0.29, 0.717) is 5.69 Å². The molecule has 1 aliphatic heterocycles. The van der Waals surface area contributed by atoms with Crippen molar-refractivity contribution in [2.24, 2.45) is 5.92 Å². The molecule has 1 heterocycles. The number of nitrogens with one attached hydrogen (secondary N) is 2. The van der Waals surface area contributed by atoms with Crippen LogP contribution in [-0.2, 0) is 16.4 Å². The highest BCUT2D eigenvalue weighted by Gasteiger charge is 2.39. The third-order valence-electron chi connectivity index (χ3n) is 7.06. The molecule has 0 fully saturated rings. The molecule has 3 aromatic carbocycles. The second kappa shape index (κ2) is 9.30. The highest BCUT2D eigenvalue weighted by atomic mass is 32.2. The molecule has 2 aliphatic rings. The molecule has 182 valence electrons. The first-order valence-corrected chi connectivity index (χ1v) is 13.3. The molecule has 0 spiro atoms. The minimum atomic E-state index is -3.73. The number of rotatable bonds is 7. The first-order chi connectivity index (χ1) is 16.9. The van der Waals surface area contributed by atoms with Gasteiger partial charge in [-0.05, 0) is 72.4 Å². The Balaban J connectivity index is 1.51. The van der Waals surface area contributed by atoms with Crippen LogP contribution in [0.15, 0.2) is 77.7 Å². The number of hydrogen-bond acceptors (Lipinski definition) is 5. The molecule has 7 heteroatoms. The Kier molecular flexibility index (Phi) is 6.19. The number of benzene rings is 3. The molecular formula is C28H30N2O4S. The smallest absolute Gasteiger partial charge is 0.261 e. The topological polar surface area (TPSA) is 76.7 Å². The Hall–Kier alpha value is -3.45. The van der Waals surface area contributed by atoms with Crippen LogP contribution in [0.25, 0.3) is 0 Å². The van der Waals surface area contributed by atoms with Crippen LogP contribution in [0.3, 0.4) is 0 Å². The summed E-state index contributed by atoms with van der Waals surface area (Å²) in [5.41, 5.74) is 4.54. The van der Waals surface area contributed by atoms with Crippen molar-refractivity contribution in [2.75, 3.05) is 24.3 Å². The maximum absolute atomic E-state index is 13.3. The van der Waals surface area contributed by atoms with Gasteiger partial charge in [-0.15, -0.1) is 0 Å². The summed E-state index contributed by atoms with van der Waals surface area (Å²) in [6.07, 6.45) is 6.01. The van der Waals surface area contributed by atoms with Gasteiger partial charge in [-0.3, -0.25) is 4.72 Å². The molecule has 3 atom stereocenters. The number of hydrogen-bond donors (Lipinski definition) is 2. The van der Waals surface area contributed by atoms with Crippen LogP contribution in [0.1, 0.15) is 42.0 Å². The zero-order valence-electron chi connectivity index (χ0n) is 20.1. The fourth-order valence-corrected chi connectivity index (χ4v) is 6.40. The van der Waals surface area contributed by atoms with Gasteiger partial charge in [-0.2, -0.15) is 0 Å². The fraction of sp³-hybridized carbons (Fsp3) is 0.286. The van der Waals surface area contributed by atoms with Gasteiger partial charge in [-0.25, -0.2) is 8.42 Å². The zero-order chi connectivity index (χ0) is 24.6. The number of anilines is 2. The van der Waals surface area contributed by atoms with Gasteiger partial charge < -0.3 is 14.8 Å². The first kappa shape index (κ1) is 23.3. The lowest BCUT2D eigenvalue weighted by molar-refractivity contribution is 0.374. The number of aryl methyl sites for hydroxylation is 1. The molecule has 2 N–H and O–H groups in total. The summed E-state index contributed by atoms with van der Waals surface area (Å²) in [5, 5.41) is 3.67. The Morgan fingerprint density at radius 3 is 2.60 bits per heavy atom. The highest BCUT2D eigenvalue weighted by Crippen LogP contribution is 2.52. The molecule has 0 saturated heterocycles. The third-order valence-corrected chi connectivity index (χ3v) is 8.42. The summed E-state index contributed by atoms with van der Waals surface area (Å²) in [5.74, 6) is 1.91. The van der Waals surface area contributed by atoms with E-state index in [0.717, 1.165) is 46.7 Å². The maximum atomic E-state index is 13.3. The fourth-order valence-electron chi connectivity index (χ4n) is 5.26. The van der Waals surface area contributed by atoms with E-state index in [1.807, 2.05) is 55.5 Å². The van der Waals surface area contributed by atoms with Crippen molar-refractivity contribution in [3.05, 3.63) is 89.5 Å². The van der Waals surface area contributed by atoms with Crippen LogP contribution in [0.4, 0.5) is 11.4 Å². The van der Waals surface area contributed by atoms with Crippen LogP contribution in [0, 0.1) is 5.92 Å². The molecule has 0 unspecified atom stereocenters. The van der Waals surface area contributed by atoms with Crippen LogP contribution in [-0.4, -0.2) is 22.6 Å². The van der Waals surface area contributed by atoms with E-state index < -0.39 is 10.0 Å². The lowest BCUT2D eigenvalue weighted by Crippen LogP contribution is -2.29. The van der Waals surface area contributed by atoms with Gasteiger partial charge in [0.2, 0.25) is 0 Å². The van der Waals surface area contributed by atoms with Crippen molar-refractivity contribution in [3.63, 3.8) is 0 Å². The van der Waals surface area contributed by atoms with E-state index in [-0.39, 0.29) is 22.8 Å². The molecule has 0 amide bonds. The van der Waals surface area contributed by atoms with Crippen LogP contribution < -0.4 is 19.5 Å². The summed E-state index contributed by atoms with van der Waals surface area (Å²) in [7, 11) is -0.401. The molecule has 6 nitrogen and oxygen atoms in total. The highest BCUT2D eigenvalue weighted by molar-refractivity contribution is 7.92. The molecule has 3 aromatic rings. The van der Waals surface area contributed by atoms with E-state index >= 15 is 0 Å². The van der Waals surface area contributed by atoms with Crippen molar-refractivity contribution >= 4 is 21.4 Å². The average molecular weight is 491 g/mol. The predicted octanol–water partition coefficient (Wildman–Crippen LogP) is 5.89. The lowest BCUT2D eigenvalue weighted by Gasteiger charge is -2.38. The molecule has 0 aromatic heterocycles. The van der Waals surface area contributed by atoms with Gasteiger partial charge in [0.1, 0.15) is 11.5 Å². The third kappa shape index (κ3) is 4.25. The molecule has 35 heavy (non-hydrogen) atoms. The van der Waals surface area contributed by atoms with Gasteiger partial charge in [0.25, 0.3) is 10.0 Å². The van der Waals surface area contributed by atoms with Crippen molar-refractivity contribution in [3.8, 4) is 11.5 Å². The Morgan fingerprint density at radius 1 is 1.00 bits per heavy atom. The minimum Gasteiger partial charge on any atom is -0.497 e. The summed E-state index contributed by atoms with van der Waals surface area (Å²) in [6, 6.07) is 18.7. The van der Waals surface area contributed by atoms with Gasteiger partial charge in [0.05, 0.1) is 30.8 Å². The largest absolute Gasteiger partial charge is 0.497 e. The van der Waals surface area contributed by atoms with E-state index in [2.05, 4.69) is 22.2 Å². The Bertz CT molecular complexity index is 1380. The predicted molar refractivity (Wildman–Crippen MR) is 139 cm³/mol. The number of ether oxygens (including phenoxy) is 2. The number of para-hydroxylation sites is 1. The monoisotopic (exact) mass is 490 g/mol. The molecule has 1 aliphatic carbocycles. The number of fused-ring (bicyclic) bond motifs is 3. The van der Waals surface area contributed by atoms with Gasteiger partial charge in [0, 0.05) is 17.2 Å². The summed E-state index contributed by atoms with van der Waals surface area (Å²) in [6.45, 7) is 2.01. The summed E-state index contributed by atoms with van der Waals surface area (Å²) in [4.78, 5) is 0.264. The van der Waals surface area contributed by atoms with Gasteiger partial charge >= 0.3 is 0 Å². The lowest BCUT2D eigenvalue weighted by atomic mass is 9.77. The summed E-state index contributed by atoms with van der Waals surface area (Å²) < 4.78 is 40.5. The molecule has 5 rings (SSSR count). The van der Waals surface area contributed by atoms with E-state index in [9.17, 15) is 8.42 Å². The van der Waals surface area contributed by atoms with Gasteiger partial charge in [-0.1, -0.05) is 37.3 Å². The Labute approximate surface area is 207 Å². The van der Waals surface area contributed by atoms with E-state index in [4.69, 9.17) is 9.47 Å². The number of methoxy groups -OCH3 is 2. The molecule has 0 bridgehead atoms. The van der Waals surface area contributed by atoms with Crippen molar-refractivity contribution < 1.29 is 17.9 Å². The van der Waals surface area contributed by atoms with Crippen LogP contribution >= 0.6 is 0 Å². The van der Waals surface area contributed by atoms with Crippen molar-refractivity contribution in [1.29, 1.82) is 0 Å². The number of sulfonamides is 1. The van der Waals surface area contributed by atoms with Crippen molar-refractivity contribution in [1.82, 2.24) is 0 Å². The summed E-state index contributed by atoms with van der Waals surface area (Å²) >= 11 is 0. The Morgan fingerprint density at radius 2 is 1.83 bits per heavy atom. The second-order valence-electron chi connectivity index (χ2n) is 8.95. The second-order valence-corrected chi connectivity index (χ2v) is 10.6. The molecular weight excluding hydrogens is 460 g/mol. The van der Waals surface area contributed by atoms with E-state index in [1.54, 1.807) is 26.4 Å². The number of allylic oxidation sites excluding steroid dienone is 2. The maximum Gasteiger partial charge on any atom is 0.261 e. The SMILES string of the molecule is CCc1ccccc1NS(=O)(=O)c1ccc2c(c1)[C@H]1C=CC[C@H]1[C@@H](c1cc(OC)ccc1OC)N2. The van der Waals surface area contributed by atoms with Crippen molar-refractivity contribution in [2.45, 2.75) is 36.6 Å². The normalized spacial score (nSPS) is 20.5. The first-order valence-electron chi connectivity index (χ1n) is 11.8. The zero-order valence-corrected chi connectivity index (χ0v) is 20.9. The quantitative estimate of drug-likeness (QED) is 0.404. The van der Waals surface area contributed by atoms with E-state index in [1.165, 1.54) is 0 Å². The molecule has 0 saturated carbocycles. The van der Waals surface area contributed by atoms with Crippen LogP contribution in [0.2, 0.25) is 0 Å². The standard InChI is InChI=1S/C28H30N2O4S/c1-4-18-8-5-6-11-25(18)30-35(31,32)20-13-14-26-23(17-20)21-9-7-10-22(21)28(29-26)24-16-19(33-2)12-15-27(24)34-3/h5-9,11-17,21-22,28-30H,4,10H2,1-3H3/t21-,22+,28-/m0/s1. The van der Waals surface area contributed by atoms with Gasteiger partial charge in [0.15, 0.2) is 0 Å². The average Bonchev–Trinajstić information content (AvgIpc) is 3.38. The minimum absolute atomic E-state index is 0.00423.